The fraction of sp³-hybridized carbons (Fsp3) is 1.00. The van der Waals surface area contributed by atoms with Gasteiger partial charge in [-0.15, -0.1) is 0 Å². The van der Waals surface area contributed by atoms with Crippen LogP contribution in [-0.4, -0.2) is 43.6 Å². The van der Waals surface area contributed by atoms with Crippen LogP contribution in [0.15, 0.2) is 0 Å². The molecular formula is C14H42Si6. The lowest BCUT2D eigenvalue weighted by Crippen LogP contribution is -2.87. The van der Waals surface area contributed by atoms with Crippen LogP contribution in [0.2, 0.25) is 91.7 Å². The predicted octanol–water partition coefficient (Wildman–Crippen LogP) is 5.89. The van der Waals surface area contributed by atoms with Crippen molar-refractivity contribution < 1.29 is 0 Å². The van der Waals surface area contributed by atoms with Crippen molar-refractivity contribution in [1.29, 1.82) is 0 Å². The first-order valence-corrected chi connectivity index (χ1v) is 32.2. The van der Waals surface area contributed by atoms with E-state index in [-0.39, 0.29) is 0 Å². The van der Waals surface area contributed by atoms with Crippen molar-refractivity contribution in [1.82, 2.24) is 0 Å². The quantitative estimate of drug-likeness (QED) is 0.523. The number of hydrogen-bond donors (Lipinski definition) is 0. The number of hydrogen-bond acceptors (Lipinski definition) is 0. The molecule has 20 heavy (non-hydrogen) atoms. The zero-order valence-electron chi connectivity index (χ0n) is 17.0. The van der Waals surface area contributed by atoms with Gasteiger partial charge in [-0.1, -0.05) is 91.7 Å². The second-order valence-electron chi connectivity index (χ2n) is 11.0. The van der Waals surface area contributed by atoms with E-state index in [1.807, 2.05) is 0 Å². The molecule has 0 saturated heterocycles. The van der Waals surface area contributed by atoms with Crippen molar-refractivity contribution in [2.24, 2.45) is 0 Å². The molecule has 0 nitrogen and oxygen atoms in total. The Morgan fingerprint density at radius 2 is 0.400 bits per heavy atom. The molecular weight excluding hydrogens is 337 g/mol. The molecule has 0 aliphatic carbocycles. The van der Waals surface area contributed by atoms with Crippen molar-refractivity contribution in [2.45, 2.75) is 91.7 Å². The minimum absolute atomic E-state index is 0.995. The molecule has 0 aromatic rings. The van der Waals surface area contributed by atoms with E-state index in [1.165, 1.54) is 0 Å². The Bertz CT molecular complexity index is 319. The van der Waals surface area contributed by atoms with Gasteiger partial charge in [0.15, 0.2) is 0 Å². The molecule has 0 fully saturated rings. The molecule has 0 spiro atoms. The van der Waals surface area contributed by atoms with Gasteiger partial charge < -0.3 is 0 Å². The Hall–Kier alpha value is 1.30. The van der Waals surface area contributed by atoms with Gasteiger partial charge in [0.1, 0.15) is 0 Å². The second kappa shape index (κ2) is 5.44. The Balaban J connectivity index is 6.08. The summed E-state index contributed by atoms with van der Waals surface area (Å²) in [5, 5.41) is 0. The Morgan fingerprint density at radius 1 is 0.250 bits per heavy atom. The lowest BCUT2D eigenvalue weighted by atomic mass is 11.8. The lowest BCUT2D eigenvalue weighted by Gasteiger charge is -2.61. The summed E-state index contributed by atoms with van der Waals surface area (Å²) in [4.78, 5) is 0. The maximum Gasteiger partial charge on any atom is 0.0354 e. The minimum Gasteiger partial charge on any atom is -0.0735 e. The molecule has 0 radical (unpaired) electrons. The third-order valence-corrected chi connectivity index (χ3v) is 130. The van der Waals surface area contributed by atoms with Gasteiger partial charge in [0.2, 0.25) is 0 Å². The van der Waals surface area contributed by atoms with Crippen LogP contribution in [0.25, 0.3) is 0 Å². The van der Waals surface area contributed by atoms with E-state index in [0.717, 1.165) is 0 Å². The van der Waals surface area contributed by atoms with Crippen molar-refractivity contribution in [3.05, 3.63) is 0 Å². The Kier molecular flexibility index (Phi) is 5.79. The highest BCUT2D eigenvalue weighted by molar-refractivity contribution is 7.97. The van der Waals surface area contributed by atoms with E-state index in [9.17, 15) is 0 Å². The number of rotatable bonds is 5. The summed E-state index contributed by atoms with van der Waals surface area (Å²) in [7, 11) is -6.32. The van der Waals surface area contributed by atoms with Gasteiger partial charge in [0.05, 0.1) is 0 Å². The molecule has 0 heterocycles. The van der Waals surface area contributed by atoms with Gasteiger partial charge in [0.25, 0.3) is 0 Å². The zero-order chi connectivity index (χ0) is 17.0. The zero-order valence-corrected chi connectivity index (χ0v) is 23.0. The molecule has 0 rings (SSSR count). The van der Waals surface area contributed by atoms with Crippen LogP contribution in [0.3, 0.4) is 0 Å². The summed E-state index contributed by atoms with van der Waals surface area (Å²) < 4.78 is 0. The first-order chi connectivity index (χ1) is 8.25. The van der Waals surface area contributed by atoms with E-state index >= 15 is 0 Å². The largest absolute Gasteiger partial charge is 0.0735 e. The normalized spacial score (nSPS) is 16.5. The van der Waals surface area contributed by atoms with E-state index in [1.54, 1.807) is 0 Å². The summed E-state index contributed by atoms with van der Waals surface area (Å²) in [6.07, 6.45) is 0. The van der Waals surface area contributed by atoms with Crippen LogP contribution < -0.4 is 0 Å². The SMILES string of the molecule is C[Si](C)(C)[Si](C)(C)[Si](C)(C)[Si](C)(C)[Si](C)(C)[Si](C)(C)C. The van der Waals surface area contributed by atoms with E-state index in [0.29, 0.717) is 0 Å². The maximum absolute atomic E-state index is 2.83. The lowest BCUT2D eigenvalue weighted by molar-refractivity contribution is 1.71. The maximum atomic E-state index is 2.83. The van der Waals surface area contributed by atoms with Crippen LogP contribution in [0.5, 0.6) is 0 Å². The summed E-state index contributed by atoms with van der Waals surface area (Å²) in [6, 6.07) is 0. The smallest absolute Gasteiger partial charge is 0.0354 e. The van der Waals surface area contributed by atoms with E-state index in [4.69, 9.17) is 0 Å². The molecule has 0 aliphatic heterocycles. The molecule has 0 amide bonds. The summed E-state index contributed by atoms with van der Waals surface area (Å²) in [6.45, 7) is 38.5. The molecule has 0 aliphatic rings. The molecule has 0 saturated carbocycles. The highest BCUT2D eigenvalue weighted by Crippen LogP contribution is 2.41. The predicted molar refractivity (Wildman–Crippen MR) is 117 cm³/mol. The Morgan fingerprint density at radius 3 is 0.500 bits per heavy atom. The molecule has 6 heteroatoms. The van der Waals surface area contributed by atoms with Crippen molar-refractivity contribution >= 4 is 43.6 Å². The summed E-state index contributed by atoms with van der Waals surface area (Å²) in [5.74, 6) is 0. The third-order valence-electron chi connectivity index (χ3n) is 8.44. The van der Waals surface area contributed by atoms with Crippen molar-refractivity contribution in [2.75, 3.05) is 0 Å². The second-order valence-corrected chi connectivity index (χ2v) is 78.0. The highest BCUT2D eigenvalue weighted by atomic mass is 30.0. The fourth-order valence-corrected chi connectivity index (χ4v) is 154. The van der Waals surface area contributed by atoms with Crippen LogP contribution in [0.1, 0.15) is 0 Å². The third kappa shape index (κ3) is 3.02. The van der Waals surface area contributed by atoms with Gasteiger partial charge in [-0.25, -0.2) is 0 Å². The highest BCUT2D eigenvalue weighted by Gasteiger charge is 2.64. The fourth-order valence-electron chi connectivity index (χ4n) is 3.44. The standard InChI is InChI=1S/C14H42Si6/c1-15(2,3)17(7,8)19(11,12)20(13,14)18(9,10)16(4,5)6/h1-14H3. The average Bonchev–Trinajstić information content (AvgIpc) is 2.12. The van der Waals surface area contributed by atoms with Crippen LogP contribution in [0, 0.1) is 0 Å². The van der Waals surface area contributed by atoms with Gasteiger partial charge in [-0.05, 0) is 0 Å². The monoisotopic (exact) mass is 378 g/mol. The first kappa shape index (κ1) is 21.3. The van der Waals surface area contributed by atoms with Crippen LogP contribution >= 0.6 is 0 Å². The van der Waals surface area contributed by atoms with Gasteiger partial charge in [-0.3, -0.25) is 0 Å². The van der Waals surface area contributed by atoms with Crippen LogP contribution in [0.4, 0.5) is 0 Å². The van der Waals surface area contributed by atoms with E-state index in [2.05, 4.69) is 91.7 Å². The molecule has 0 atom stereocenters. The first-order valence-electron chi connectivity index (χ1n) is 8.25. The van der Waals surface area contributed by atoms with E-state index < -0.39 is 43.6 Å². The van der Waals surface area contributed by atoms with Gasteiger partial charge in [0, 0.05) is 43.6 Å². The average molecular weight is 379 g/mol. The molecule has 0 aromatic heterocycles. The van der Waals surface area contributed by atoms with Gasteiger partial charge >= 0.3 is 0 Å². The molecule has 0 aromatic carbocycles. The van der Waals surface area contributed by atoms with Crippen molar-refractivity contribution in [3.8, 4) is 0 Å². The molecule has 0 N–H and O–H groups in total. The van der Waals surface area contributed by atoms with Crippen molar-refractivity contribution in [3.63, 3.8) is 0 Å². The minimum atomic E-state index is -1.10. The summed E-state index contributed by atoms with van der Waals surface area (Å²) >= 11 is 0. The molecule has 0 unspecified atom stereocenters. The molecule has 0 bridgehead atoms. The summed E-state index contributed by atoms with van der Waals surface area (Å²) in [5.41, 5.74) is 0. The Labute approximate surface area is 135 Å². The topological polar surface area (TPSA) is 0 Å². The molecule has 122 valence electrons. The van der Waals surface area contributed by atoms with Crippen LogP contribution in [-0.2, 0) is 0 Å². The van der Waals surface area contributed by atoms with Gasteiger partial charge in [-0.2, -0.15) is 0 Å².